The van der Waals surface area contributed by atoms with Gasteiger partial charge in [0.15, 0.2) is 0 Å². The van der Waals surface area contributed by atoms with E-state index in [0.717, 1.165) is 11.3 Å². The lowest BCUT2D eigenvalue weighted by Gasteiger charge is -2.40. The monoisotopic (exact) mass is 320 g/mol. The molecule has 3 rings (SSSR count). The average molecular weight is 320 g/mol. The van der Waals surface area contributed by atoms with Crippen LogP contribution in [0.1, 0.15) is 0 Å². The van der Waals surface area contributed by atoms with Gasteiger partial charge in [-0.3, -0.25) is 0 Å². The maximum atomic E-state index is 10.1. The van der Waals surface area contributed by atoms with E-state index in [9.17, 15) is 20.4 Å². The fourth-order valence-corrected chi connectivity index (χ4v) is 2.76. The lowest BCUT2D eigenvalue weighted by molar-refractivity contribution is -0.231. The van der Waals surface area contributed by atoms with Crippen LogP contribution in [0.3, 0.4) is 0 Å². The van der Waals surface area contributed by atoms with Gasteiger partial charge in [-0.2, -0.15) is 0 Å². The number of aromatic nitrogens is 2. The first-order valence-corrected chi connectivity index (χ1v) is 7.48. The van der Waals surface area contributed by atoms with Crippen LogP contribution in [0.4, 0.5) is 0 Å². The van der Waals surface area contributed by atoms with Crippen molar-refractivity contribution in [3.8, 4) is 11.3 Å². The molecule has 1 aromatic carbocycles. The van der Waals surface area contributed by atoms with Gasteiger partial charge in [0.1, 0.15) is 30.5 Å². The Morgan fingerprint density at radius 2 is 1.70 bits per heavy atom. The van der Waals surface area contributed by atoms with E-state index in [-0.39, 0.29) is 6.54 Å². The van der Waals surface area contributed by atoms with Crippen LogP contribution in [0.2, 0.25) is 0 Å². The molecule has 0 amide bonds. The largest absolute Gasteiger partial charge is 0.394 e. The van der Waals surface area contributed by atoms with Crippen LogP contribution in [0.5, 0.6) is 0 Å². The summed E-state index contributed by atoms with van der Waals surface area (Å²) in [5, 5.41) is 38.9. The predicted octanol–water partition coefficient (Wildman–Crippen LogP) is -0.608. The van der Waals surface area contributed by atoms with Crippen molar-refractivity contribution in [3.05, 3.63) is 42.9 Å². The molecule has 0 aliphatic carbocycles. The third-order valence-corrected chi connectivity index (χ3v) is 4.08. The summed E-state index contributed by atoms with van der Waals surface area (Å²) in [5.74, 6) is 0. The van der Waals surface area contributed by atoms with E-state index in [2.05, 4.69) is 4.98 Å². The van der Waals surface area contributed by atoms with Gasteiger partial charge in [-0.15, -0.1) is 0 Å². The molecule has 23 heavy (non-hydrogen) atoms. The number of aliphatic hydroxyl groups is 4. The summed E-state index contributed by atoms with van der Waals surface area (Å²) in [7, 11) is 0. The van der Waals surface area contributed by atoms with Crippen molar-refractivity contribution in [2.75, 3.05) is 6.61 Å². The van der Waals surface area contributed by atoms with Gasteiger partial charge in [-0.1, -0.05) is 30.3 Å². The number of hydrogen-bond acceptors (Lipinski definition) is 6. The molecule has 0 unspecified atom stereocenters. The first-order valence-electron chi connectivity index (χ1n) is 7.48. The zero-order valence-electron chi connectivity index (χ0n) is 12.4. The molecule has 1 aliphatic heterocycles. The Balaban J connectivity index is 1.73. The molecule has 1 fully saturated rings. The molecule has 2 aromatic rings. The van der Waals surface area contributed by atoms with E-state index in [1.807, 2.05) is 36.5 Å². The molecule has 0 saturated carbocycles. The van der Waals surface area contributed by atoms with Gasteiger partial charge >= 0.3 is 0 Å². The molecular formula is C16H20N2O5. The average Bonchev–Trinajstić information content (AvgIpc) is 3.05. The Kier molecular flexibility index (Phi) is 4.74. The van der Waals surface area contributed by atoms with E-state index in [0.29, 0.717) is 0 Å². The van der Waals surface area contributed by atoms with Crippen LogP contribution >= 0.6 is 0 Å². The summed E-state index contributed by atoms with van der Waals surface area (Å²) in [4.78, 5) is 4.31. The Bertz CT molecular complexity index is 630. The number of benzene rings is 1. The maximum Gasteiger partial charge on any atom is 0.111 e. The van der Waals surface area contributed by atoms with Crippen LogP contribution in [0.25, 0.3) is 11.3 Å². The molecule has 5 atom stereocenters. The zero-order chi connectivity index (χ0) is 16.4. The second-order valence-electron chi connectivity index (χ2n) is 5.69. The minimum Gasteiger partial charge on any atom is -0.394 e. The summed E-state index contributed by atoms with van der Waals surface area (Å²) >= 11 is 0. The smallest absolute Gasteiger partial charge is 0.111 e. The highest BCUT2D eigenvalue weighted by molar-refractivity contribution is 5.57. The molecule has 0 bridgehead atoms. The minimum absolute atomic E-state index is 0.251. The first kappa shape index (κ1) is 16.1. The van der Waals surface area contributed by atoms with Crippen molar-refractivity contribution in [1.29, 1.82) is 0 Å². The lowest BCUT2D eigenvalue weighted by atomic mass is 9.95. The summed E-state index contributed by atoms with van der Waals surface area (Å²) in [6.07, 6.45) is -2.15. The normalized spacial score (nSPS) is 31.2. The second-order valence-corrected chi connectivity index (χ2v) is 5.69. The molecule has 1 aromatic heterocycles. The van der Waals surface area contributed by atoms with Gasteiger partial charge in [-0.05, 0) is 0 Å². The Hall–Kier alpha value is -1.77. The number of hydrogen-bond donors (Lipinski definition) is 4. The maximum absolute atomic E-state index is 10.1. The van der Waals surface area contributed by atoms with Crippen LogP contribution in [0, 0.1) is 0 Å². The molecule has 1 aliphatic rings. The standard InChI is InChI=1S/C16H20N2O5/c19-8-13-15(21)16(22)14(20)12(23-13)7-18-6-11(17-9-18)10-4-2-1-3-5-10/h1-6,9,12-16,19-22H,7-8H2/t12-,13+,14-,15-,16+/m0/s1. The van der Waals surface area contributed by atoms with Crippen molar-refractivity contribution in [2.24, 2.45) is 0 Å². The van der Waals surface area contributed by atoms with Crippen molar-refractivity contribution in [1.82, 2.24) is 9.55 Å². The molecule has 7 heteroatoms. The molecule has 1 saturated heterocycles. The van der Waals surface area contributed by atoms with E-state index in [4.69, 9.17) is 4.74 Å². The van der Waals surface area contributed by atoms with Crippen LogP contribution in [0.15, 0.2) is 42.9 Å². The SMILES string of the molecule is OC[C@H]1O[C@@H](Cn2cnc(-c3ccccc3)c2)[C@H](O)[C@@H](O)[C@H]1O. The zero-order valence-corrected chi connectivity index (χ0v) is 12.4. The second kappa shape index (κ2) is 6.77. The highest BCUT2D eigenvalue weighted by atomic mass is 16.5. The number of aliphatic hydroxyl groups excluding tert-OH is 4. The lowest BCUT2D eigenvalue weighted by Crippen LogP contribution is -2.59. The molecule has 0 radical (unpaired) electrons. The summed E-state index contributed by atoms with van der Waals surface area (Å²) in [5.41, 5.74) is 1.76. The Labute approximate surface area is 133 Å². The summed E-state index contributed by atoms with van der Waals surface area (Å²) < 4.78 is 7.24. The number of nitrogens with zero attached hydrogens (tertiary/aromatic N) is 2. The van der Waals surface area contributed by atoms with Gasteiger partial charge in [0.05, 0.1) is 25.2 Å². The van der Waals surface area contributed by atoms with Crippen molar-refractivity contribution in [2.45, 2.75) is 37.1 Å². The van der Waals surface area contributed by atoms with E-state index in [1.54, 1.807) is 10.9 Å². The van der Waals surface area contributed by atoms with Crippen LogP contribution in [-0.4, -0.2) is 67.1 Å². The quantitative estimate of drug-likeness (QED) is 0.599. The van der Waals surface area contributed by atoms with Gasteiger partial charge in [-0.25, -0.2) is 4.98 Å². The first-order chi connectivity index (χ1) is 11.1. The van der Waals surface area contributed by atoms with Crippen LogP contribution < -0.4 is 0 Å². The van der Waals surface area contributed by atoms with Gasteiger partial charge in [0.2, 0.25) is 0 Å². The Morgan fingerprint density at radius 1 is 1.00 bits per heavy atom. The van der Waals surface area contributed by atoms with Gasteiger partial charge < -0.3 is 29.7 Å². The topological polar surface area (TPSA) is 108 Å². The van der Waals surface area contributed by atoms with Gasteiger partial charge in [0, 0.05) is 11.8 Å². The molecule has 7 nitrogen and oxygen atoms in total. The fourth-order valence-electron chi connectivity index (χ4n) is 2.76. The highest BCUT2D eigenvalue weighted by Gasteiger charge is 2.43. The number of imidazole rings is 1. The third-order valence-electron chi connectivity index (χ3n) is 4.08. The molecule has 2 heterocycles. The van der Waals surface area contributed by atoms with E-state index in [1.165, 1.54) is 0 Å². The predicted molar refractivity (Wildman–Crippen MR) is 81.4 cm³/mol. The van der Waals surface area contributed by atoms with E-state index < -0.39 is 37.1 Å². The number of rotatable bonds is 4. The minimum atomic E-state index is -1.36. The van der Waals surface area contributed by atoms with Crippen molar-refractivity contribution < 1.29 is 25.2 Å². The van der Waals surface area contributed by atoms with Crippen molar-refractivity contribution in [3.63, 3.8) is 0 Å². The fraction of sp³-hybridized carbons (Fsp3) is 0.438. The molecular weight excluding hydrogens is 300 g/mol. The van der Waals surface area contributed by atoms with E-state index >= 15 is 0 Å². The van der Waals surface area contributed by atoms with Crippen LogP contribution in [-0.2, 0) is 11.3 Å². The molecule has 4 N–H and O–H groups in total. The molecule has 0 spiro atoms. The Morgan fingerprint density at radius 3 is 2.39 bits per heavy atom. The third kappa shape index (κ3) is 3.29. The summed E-state index contributed by atoms with van der Waals surface area (Å²) in [6.45, 7) is -0.179. The highest BCUT2D eigenvalue weighted by Crippen LogP contribution is 2.23. The summed E-state index contributed by atoms with van der Waals surface area (Å²) in [6, 6.07) is 9.66. The molecule has 124 valence electrons. The number of ether oxygens (including phenoxy) is 1. The van der Waals surface area contributed by atoms with Crippen molar-refractivity contribution >= 4 is 0 Å². The van der Waals surface area contributed by atoms with Gasteiger partial charge in [0.25, 0.3) is 0 Å².